The Balaban J connectivity index is 2.15. The third-order valence-electron chi connectivity index (χ3n) is 2.30. The summed E-state index contributed by atoms with van der Waals surface area (Å²) in [5, 5.41) is 0. The van der Waals surface area contributed by atoms with Crippen molar-refractivity contribution in [2.24, 2.45) is 0 Å². The Bertz CT molecular complexity index is 581. The molecule has 0 radical (unpaired) electrons. The van der Waals surface area contributed by atoms with Crippen LogP contribution in [0.5, 0.6) is 11.6 Å². The Morgan fingerprint density at radius 2 is 2.05 bits per heavy atom. The van der Waals surface area contributed by atoms with Crippen LogP contribution in [0.15, 0.2) is 30.9 Å². The van der Waals surface area contributed by atoms with E-state index in [1.54, 1.807) is 28.8 Å². The van der Waals surface area contributed by atoms with E-state index in [1.807, 2.05) is 0 Å². The van der Waals surface area contributed by atoms with Gasteiger partial charge in [0.15, 0.2) is 0 Å². The number of ether oxygens (including phenoxy) is 2. The van der Waals surface area contributed by atoms with Crippen molar-refractivity contribution in [1.29, 1.82) is 0 Å². The first-order chi connectivity index (χ1) is 9.53. The van der Waals surface area contributed by atoms with Crippen molar-refractivity contribution in [3.63, 3.8) is 0 Å². The molecule has 0 unspecified atom stereocenters. The van der Waals surface area contributed by atoms with E-state index in [-0.39, 0.29) is 5.69 Å². The molecule has 0 atom stereocenters. The van der Waals surface area contributed by atoms with E-state index in [9.17, 15) is 8.78 Å². The number of nitrogens with zero attached hydrogens (tertiary/aromatic N) is 3. The molecule has 0 bridgehead atoms. The molecule has 0 saturated carbocycles. The topological polar surface area (TPSA) is 57.1 Å². The van der Waals surface area contributed by atoms with Gasteiger partial charge < -0.3 is 9.47 Å². The second-order valence-corrected chi connectivity index (χ2v) is 5.07. The highest BCUT2D eigenvalue weighted by Gasteiger charge is 2.33. The summed E-state index contributed by atoms with van der Waals surface area (Å²) in [6, 6.07) is 2.61. The predicted octanol–water partition coefficient (Wildman–Crippen LogP) is -1.14. The van der Waals surface area contributed by atoms with Gasteiger partial charge in [-0.3, -0.25) is 4.98 Å². The van der Waals surface area contributed by atoms with Crippen LogP contribution in [0, 0.1) is 3.57 Å². The van der Waals surface area contributed by atoms with Crippen molar-refractivity contribution < 1.29 is 40.8 Å². The van der Waals surface area contributed by atoms with Crippen LogP contribution < -0.4 is 27.3 Å². The molecule has 0 amide bonds. The molecule has 5 nitrogen and oxygen atoms in total. The molecule has 20 heavy (non-hydrogen) atoms. The zero-order chi connectivity index (χ0) is 14.6. The quantitative estimate of drug-likeness (QED) is 0.601. The monoisotopic (exact) mass is 394 g/mol. The number of pyridine rings is 1. The molecule has 0 aliphatic heterocycles. The third kappa shape index (κ3) is 3.57. The molecule has 8 heteroatoms. The molecular formula is C12H11F2IN3O2+. The summed E-state index contributed by atoms with van der Waals surface area (Å²) in [4.78, 5) is 11.5. The van der Waals surface area contributed by atoms with Crippen LogP contribution in [0.25, 0.3) is 0 Å². The number of alkyl halides is 2. The van der Waals surface area contributed by atoms with E-state index < -0.39 is 12.5 Å². The number of hydrogen-bond donors (Lipinski definition) is 0. The van der Waals surface area contributed by atoms with Crippen LogP contribution in [0.4, 0.5) is 8.78 Å². The fourth-order valence-electron chi connectivity index (χ4n) is 1.41. The molecule has 2 rings (SSSR count). The molecule has 0 N–H and O–H groups in total. The number of halogens is 3. The van der Waals surface area contributed by atoms with Gasteiger partial charge in [0.2, 0.25) is 0 Å². The summed E-state index contributed by atoms with van der Waals surface area (Å²) in [7, 11) is 1.21. The summed E-state index contributed by atoms with van der Waals surface area (Å²) in [5.74, 6) is -2.44. The summed E-state index contributed by atoms with van der Waals surface area (Å²) in [5.41, 5.74) is -0.369. The Hall–Kier alpha value is -1.42. The molecule has 0 aliphatic carbocycles. The minimum Gasteiger partial charge on any atom is -0.434 e. The molecule has 0 aromatic carbocycles. The maximum atomic E-state index is 13.5. The average Bonchev–Trinajstić information content (AvgIpc) is 2.42. The van der Waals surface area contributed by atoms with Gasteiger partial charge >= 0.3 is 28.5 Å². The lowest BCUT2D eigenvalue weighted by molar-refractivity contribution is -0.331. The van der Waals surface area contributed by atoms with Gasteiger partial charge in [0, 0.05) is 7.11 Å². The number of aromatic nitrogens is 3. The van der Waals surface area contributed by atoms with Crippen molar-refractivity contribution in [2.75, 3.05) is 13.7 Å². The van der Waals surface area contributed by atoms with E-state index in [2.05, 4.69) is 19.7 Å². The number of hydrogen-bond acceptors (Lipinski definition) is 5. The highest BCUT2D eigenvalue weighted by atomic mass is 127. The van der Waals surface area contributed by atoms with E-state index in [0.717, 1.165) is 3.57 Å². The van der Waals surface area contributed by atoms with Crippen LogP contribution in [-0.2, 0) is 10.7 Å². The molecule has 0 fully saturated rings. The fourth-order valence-corrected chi connectivity index (χ4v) is 1.85. The van der Waals surface area contributed by atoms with E-state index >= 15 is 0 Å². The van der Waals surface area contributed by atoms with Gasteiger partial charge in [0.25, 0.3) is 9.45 Å². The fraction of sp³-hybridized carbons (Fsp3) is 0.250. The molecule has 2 heterocycles. The normalized spacial score (nSPS) is 11.4. The Morgan fingerprint density at radius 1 is 1.25 bits per heavy atom. The molecular weight excluding hydrogens is 383 g/mol. The first kappa shape index (κ1) is 15.0. The van der Waals surface area contributed by atoms with Crippen molar-refractivity contribution in [1.82, 2.24) is 15.0 Å². The van der Waals surface area contributed by atoms with Gasteiger partial charge in [-0.2, -0.15) is 13.8 Å². The first-order valence-corrected chi connectivity index (χ1v) is 6.67. The maximum Gasteiger partial charge on any atom is 0.312 e. The molecule has 106 valence electrons. The summed E-state index contributed by atoms with van der Waals surface area (Å²) in [6.07, 6.45) is 4.17. The maximum absolute atomic E-state index is 13.5. The van der Waals surface area contributed by atoms with Crippen molar-refractivity contribution in [3.05, 3.63) is 40.1 Å². The zero-order valence-electron chi connectivity index (χ0n) is 10.4. The lowest BCUT2D eigenvalue weighted by Gasteiger charge is -2.14. The van der Waals surface area contributed by atoms with E-state index in [0.29, 0.717) is 11.6 Å². The molecule has 0 saturated heterocycles. The van der Waals surface area contributed by atoms with Crippen molar-refractivity contribution in [2.45, 2.75) is 5.92 Å². The zero-order valence-corrected chi connectivity index (χ0v) is 12.7. The standard InChI is InChI=1S/C12H11F2IN3O2/c1-19-6-12(13,14)10-3-2-8(4-17-10)20-11-9(15)5-16-7-18-11/h2-5,7,15H,6H2,1H3/q+1. The Labute approximate surface area is 127 Å². The first-order valence-electron chi connectivity index (χ1n) is 5.51. The van der Waals surface area contributed by atoms with Gasteiger partial charge in [-0.25, -0.2) is 4.98 Å². The number of methoxy groups -OCH3 is 1. The number of rotatable bonds is 5. The highest BCUT2D eigenvalue weighted by Crippen LogP contribution is 2.28. The summed E-state index contributed by atoms with van der Waals surface area (Å²) in [6.45, 7) is -0.717. The second-order valence-electron chi connectivity index (χ2n) is 3.81. The smallest absolute Gasteiger partial charge is 0.312 e. The van der Waals surface area contributed by atoms with Crippen LogP contribution in [0.2, 0.25) is 0 Å². The van der Waals surface area contributed by atoms with Crippen molar-refractivity contribution >= 4 is 0 Å². The van der Waals surface area contributed by atoms with Gasteiger partial charge in [-0.05, 0) is 12.1 Å². The van der Waals surface area contributed by atoms with Crippen LogP contribution in [0.1, 0.15) is 5.69 Å². The molecule has 2 aromatic rings. The van der Waals surface area contributed by atoms with Gasteiger partial charge in [0.1, 0.15) is 24.4 Å². The highest BCUT2D eigenvalue weighted by molar-refractivity contribution is 5.25. The molecule has 0 aliphatic rings. The Kier molecular flexibility index (Phi) is 4.76. The van der Waals surface area contributed by atoms with Gasteiger partial charge in [0.05, 0.1) is 12.4 Å². The summed E-state index contributed by atoms with van der Waals surface area (Å²) >= 11 is 1.71. The lowest BCUT2D eigenvalue weighted by atomic mass is 10.2. The van der Waals surface area contributed by atoms with Crippen LogP contribution in [0.3, 0.4) is 0 Å². The predicted molar refractivity (Wildman–Crippen MR) is 62.2 cm³/mol. The summed E-state index contributed by atoms with van der Waals surface area (Å²) < 4.78 is 37.7. The van der Waals surface area contributed by atoms with Crippen molar-refractivity contribution in [3.8, 4) is 11.6 Å². The van der Waals surface area contributed by atoms with Gasteiger partial charge in [-0.15, -0.1) is 0 Å². The van der Waals surface area contributed by atoms with Crippen LogP contribution >= 0.6 is 0 Å². The minimum absolute atomic E-state index is 0.325. The molecule has 2 aromatic heterocycles. The van der Waals surface area contributed by atoms with E-state index in [4.69, 9.17) is 4.74 Å². The van der Waals surface area contributed by atoms with E-state index in [1.165, 1.54) is 31.8 Å². The largest absolute Gasteiger partial charge is 0.434 e. The lowest BCUT2D eigenvalue weighted by Crippen LogP contribution is -3.34. The SMILES string of the molecule is COCC(F)(F)c1ccc(Oc2ncncc2[IH+])cn1. The van der Waals surface area contributed by atoms with Gasteiger partial charge in [-0.1, -0.05) is 0 Å². The Morgan fingerprint density at radius 3 is 2.65 bits per heavy atom. The minimum atomic E-state index is -3.13. The average molecular weight is 394 g/mol. The third-order valence-corrected chi connectivity index (χ3v) is 3.09. The van der Waals surface area contributed by atoms with Crippen LogP contribution in [-0.4, -0.2) is 28.7 Å². The molecule has 0 spiro atoms. The second kappa shape index (κ2) is 6.35.